The maximum atomic E-state index is 12.8. The number of aryl methyl sites for hydroxylation is 1. The Kier molecular flexibility index (Phi) is 5.95. The molecule has 2 rings (SSSR count). The monoisotopic (exact) mass is 355 g/mol. The highest BCUT2D eigenvalue weighted by atomic mass is 32.2. The van der Waals surface area contributed by atoms with Gasteiger partial charge in [-0.15, -0.1) is 0 Å². The molecule has 0 aliphatic carbocycles. The molecule has 132 valence electrons. The Morgan fingerprint density at radius 3 is 2.50 bits per heavy atom. The molecule has 1 heterocycles. The van der Waals surface area contributed by atoms with E-state index in [0.29, 0.717) is 5.75 Å². The van der Waals surface area contributed by atoms with Crippen LogP contribution in [0.25, 0.3) is 0 Å². The SMILES string of the molecule is CC(C)N(Cc1cnn(C)c1)S(=O)(=O)CCOc1ccc(F)cc1. The van der Waals surface area contributed by atoms with E-state index < -0.39 is 10.0 Å². The molecule has 0 N–H and O–H groups in total. The summed E-state index contributed by atoms with van der Waals surface area (Å²) in [6.45, 7) is 3.93. The van der Waals surface area contributed by atoms with Crippen LogP contribution in [0.3, 0.4) is 0 Å². The van der Waals surface area contributed by atoms with Crippen LogP contribution >= 0.6 is 0 Å². The largest absolute Gasteiger partial charge is 0.492 e. The fourth-order valence-corrected chi connectivity index (χ4v) is 3.77. The van der Waals surface area contributed by atoms with Crippen LogP contribution in [0.4, 0.5) is 4.39 Å². The lowest BCUT2D eigenvalue weighted by Gasteiger charge is -2.25. The second kappa shape index (κ2) is 7.76. The van der Waals surface area contributed by atoms with Gasteiger partial charge in [-0.25, -0.2) is 12.8 Å². The van der Waals surface area contributed by atoms with Crippen molar-refractivity contribution in [2.45, 2.75) is 26.4 Å². The van der Waals surface area contributed by atoms with Gasteiger partial charge in [-0.1, -0.05) is 0 Å². The minimum Gasteiger partial charge on any atom is -0.492 e. The number of halogens is 1. The highest BCUT2D eigenvalue weighted by Gasteiger charge is 2.25. The van der Waals surface area contributed by atoms with E-state index in [2.05, 4.69) is 5.10 Å². The summed E-state index contributed by atoms with van der Waals surface area (Å²) < 4.78 is 46.5. The molecule has 0 saturated heterocycles. The molecule has 0 aliphatic rings. The van der Waals surface area contributed by atoms with Crippen molar-refractivity contribution in [1.29, 1.82) is 0 Å². The third-order valence-corrected chi connectivity index (χ3v) is 5.40. The summed E-state index contributed by atoms with van der Waals surface area (Å²) >= 11 is 0. The molecule has 24 heavy (non-hydrogen) atoms. The lowest BCUT2D eigenvalue weighted by Crippen LogP contribution is -2.39. The number of nitrogens with zero attached hydrogens (tertiary/aromatic N) is 3. The molecular weight excluding hydrogens is 333 g/mol. The number of rotatable bonds is 8. The molecule has 0 atom stereocenters. The van der Waals surface area contributed by atoms with Gasteiger partial charge in [0, 0.05) is 31.4 Å². The quantitative estimate of drug-likeness (QED) is 0.728. The first-order chi connectivity index (χ1) is 11.3. The fraction of sp³-hybridized carbons (Fsp3) is 0.438. The zero-order chi connectivity index (χ0) is 17.7. The van der Waals surface area contributed by atoms with Crippen LogP contribution in [0.5, 0.6) is 5.75 Å². The molecule has 1 aromatic heterocycles. The molecule has 0 spiro atoms. The Bertz CT molecular complexity index is 757. The molecule has 0 radical (unpaired) electrons. The average molecular weight is 355 g/mol. The van der Waals surface area contributed by atoms with Gasteiger partial charge < -0.3 is 4.74 Å². The summed E-state index contributed by atoms with van der Waals surface area (Å²) in [6, 6.07) is 5.30. The van der Waals surface area contributed by atoms with Gasteiger partial charge in [0.25, 0.3) is 0 Å². The maximum absolute atomic E-state index is 12.8. The third kappa shape index (κ3) is 5.04. The predicted octanol–water partition coefficient (Wildman–Crippen LogP) is 2.18. The molecule has 6 nitrogen and oxygen atoms in total. The Hall–Kier alpha value is -1.93. The summed E-state index contributed by atoms with van der Waals surface area (Å²) in [7, 11) is -1.71. The van der Waals surface area contributed by atoms with Crippen LogP contribution in [0.1, 0.15) is 19.4 Å². The molecule has 0 amide bonds. The standard InChI is InChI=1S/C16H22FN3O3S/c1-13(2)20(12-14-10-18-19(3)11-14)24(21,22)9-8-23-16-6-4-15(17)5-7-16/h4-7,10-11,13H,8-9,12H2,1-3H3. The summed E-state index contributed by atoms with van der Waals surface area (Å²) in [5.74, 6) is -0.0737. The average Bonchev–Trinajstić information content (AvgIpc) is 2.92. The van der Waals surface area contributed by atoms with Crippen LogP contribution in [0.2, 0.25) is 0 Å². The smallest absolute Gasteiger partial charge is 0.217 e. The highest BCUT2D eigenvalue weighted by Crippen LogP contribution is 2.15. The minimum atomic E-state index is -3.49. The van der Waals surface area contributed by atoms with E-state index in [4.69, 9.17) is 4.74 Å². The normalized spacial score (nSPS) is 12.1. The van der Waals surface area contributed by atoms with Crippen LogP contribution in [0.15, 0.2) is 36.7 Å². The maximum Gasteiger partial charge on any atom is 0.217 e. The van der Waals surface area contributed by atoms with E-state index >= 15 is 0 Å². The van der Waals surface area contributed by atoms with Crippen LogP contribution < -0.4 is 4.74 Å². The molecule has 1 aromatic carbocycles. The Morgan fingerprint density at radius 2 is 1.96 bits per heavy atom. The number of ether oxygens (including phenoxy) is 1. The second-order valence-electron chi connectivity index (χ2n) is 5.78. The number of sulfonamides is 1. The summed E-state index contributed by atoms with van der Waals surface area (Å²) in [4.78, 5) is 0. The highest BCUT2D eigenvalue weighted by molar-refractivity contribution is 7.89. The van der Waals surface area contributed by atoms with Crippen molar-refractivity contribution in [3.05, 3.63) is 48.0 Å². The molecule has 0 unspecified atom stereocenters. The lowest BCUT2D eigenvalue weighted by atomic mass is 10.3. The number of hydrogen-bond donors (Lipinski definition) is 0. The molecule has 2 aromatic rings. The number of aromatic nitrogens is 2. The van der Waals surface area contributed by atoms with Gasteiger partial charge >= 0.3 is 0 Å². The van der Waals surface area contributed by atoms with Crippen LogP contribution in [0, 0.1) is 5.82 Å². The van der Waals surface area contributed by atoms with E-state index in [1.807, 2.05) is 13.8 Å². The Labute approximate surface area is 141 Å². The summed E-state index contributed by atoms with van der Waals surface area (Å²) in [5.41, 5.74) is 0.828. The van der Waals surface area contributed by atoms with Gasteiger partial charge in [0.05, 0.1) is 11.9 Å². The zero-order valence-corrected chi connectivity index (χ0v) is 14.8. The van der Waals surface area contributed by atoms with Gasteiger partial charge in [-0.2, -0.15) is 9.40 Å². The first kappa shape index (κ1) is 18.4. The van der Waals surface area contributed by atoms with Crippen molar-refractivity contribution in [3.63, 3.8) is 0 Å². The number of hydrogen-bond acceptors (Lipinski definition) is 4. The molecule has 0 bridgehead atoms. The number of benzene rings is 1. The van der Waals surface area contributed by atoms with Crippen molar-refractivity contribution >= 4 is 10.0 Å². The van der Waals surface area contributed by atoms with Crippen molar-refractivity contribution in [1.82, 2.24) is 14.1 Å². The van der Waals surface area contributed by atoms with Crippen molar-refractivity contribution in [3.8, 4) is 5.75 Å². The van der Waals surface area contributed by atoms with Crippen molar-refractivity contribution in [2.75, 3.05) is 12.4 Å². The van der Waals surface area contributed by atoms with Crippen molar-refractivity contribution < 1.29 is 17.5 Å². The lowest BCUT2D eigenvalue weighted by molar-refractivity contribution is 0.320. The molecule has 0 aliphatic heterocycles. The zero-order valence-electron chi connectivity index (χ0n) is 14.0. The topological polar surface area (TPSA) is 64.4 Å². The first-order valence-corrected chi connectivity index (χ1v) is 9.24. The van der Waals surface area contributed by atoms with Crippen LogP contribution in [-0.4, -0.2) is 40.9 Å². The van der Waals surface area contributed by atoms with E-state index in [1.165, 1.54) is 28.6 Å². The summed E-state index contributed by atoms with van der Waals surface area (Å²) in [5, 5.41) is 4.06. The van der Waals surface area contributed by atoms with E-state index in [-0.39, 0.29) is 30.8 Å². The van der Waals surface area contributed by atoms with Crippen LogP contribution in [-0.2, 0) is 23.6 Å². The first-order valence-electron chi connectivity index (χ1n) is 7.63. The third-order valence-electron chi connectivity index (χ3n) is 3.45. The molecule has 0 fully saturated rings. The van der Waals surface area contributed by atoms with Crippen molar-refractivity contribution in [2.24, 2.45) is 7.05 Å². The Morgan fingerprint density at radius 1 is 1.29 bits per heavy atom. The summed E-state index contributed by atoms with van der Waals surface area (Å²) in [6.07, 6.45) is 3.44. The van der Waals surface area contributed by atoms with Gasteiger partial charge in [-0.3, -0.25) is 4.68 Å². The predicted molar refractivity (Wildman–Crippen MR) is 89.6 cm³/mol. The van der Waals surface area contributed by atoms with E-state index in [1.54, 1.807) is 24.1 Å². The van der Waals surface area contributed by atoms with Gasteiger partial charge in [-0.05, 0) is 38.1 Å². The van der Waals surface area contributed by atoms with Gasteiger partial charge in [0.15, 0.2) is 0 Å². The second-order valence-corrected chi connectivity index (χ2v) is 7.82. The Balaban J connectivity index is 1.98. The van der Waals surface area contributed by atoms with Gasteiger partial charge in [0.2, 0.25) is 10.0 Å². The van der Waals surface area contributed by atoms with Gasteiger partial charge in [0.1, 0.15) is 18.2 Å². The fourth-order valence-electron chi connectivity index (χ4n) is 2.25. The molecular formula is C16H22FN3O3S. The van der Waals surface area contributed by atoms with E-state index in [0.717, 1.165) is 5.56 Å². The molecule has 8 heteroatoms. The van der Waals surface area contributed by atoms with E-state index in [9.17, 15) is 12.8 Å². The molecule has 0 saturated carbocycles. The minimum absolute atomic E-state index is 0.00419.